The quantitative estimate of drug-likeness (QED) is 0.330. The van der Waals surface area contributed by atoms with Gasteiger partial charge in [0.05, 0.1) is 12.6 Å². The number of likely N-dealkylation sites (N-methyl/N-ethyl adjacent to an activating group) is 1. The number of carbonyl (C=O) groups is 3. The molecule has 2 aromatic rings. The number of benzene rings is 2. The molecule has 0 spiro atoms. The molecule has 2 atom stereocenters. The van der Waals surface area contributed by atoms with Gasteiger partial charge in [0.15, 0.2) is 0 Å². The van der Waals surface area contributed by atoms with Crippen LogP contribution in [0.5, 0.6) is 0 Å². The Morgan fingerprint density at radius 2 is 1.59 bits per heavy atom. The Labute approximate surface area is 219 Å². The zero-order valence-corrected chi connectivity index (χ0v) is 21.7. The summed E-state index contributed by atoms with van der Waals surface area (Å²) in [5.41, 5.74) is 8.54. The summed E-state index contributed by atoms with van der Waals surface area (Å²) in [5, 5.41) is 15.3. The second-order valence-electron chi connectivity index (χ2n) is 10.1. The van der Waals surface area contributed by atoms with Gasteiger partial charge in [0.1, 0.15) is 6.04 Å². The molecule has 0 bridgehead atoms. The third-order valence-corrected chi connectivity index (χ3v) is 7.14. The summed E-state index contributed by atoms with van der Waals surface area (Å²) in [6, 6.07) is 15.9. The van der Waals surface area contributed by atoms with Crippen molar-refractivity contribution in [3.8, 4) is 0 Å². The molecule has 0 saturated heterocycles. The van der Waals surface area contributed by atoms with E-state index in [0.29, 0.717) is 31.8 Å². The molecule has 0 aliphatic heterocycles. The van der Waals surface area contributed by atoms with Gasteiger partial charge in [-0.1, -0.05) is 86.7 Å². The van der Waals surface area contributed by atoms with Crippen LogP contribution < -0.4 is 16.4 Å². The summed E-state index contributed by atoms with van der Waals surface area (Å²) < 4.78 is 0. The first-order chi connectivity index (χ1) is 17.9. The van der Waals surface area contributed by atoms with Crippen LogP contribution >= 0.6 is 0 Å². The molecule has 1 saturated carbocycles. The number of hydrogen-bond acceptors (Lipinski definition) is 5. The van der Waals surface area contributed by atoms with Gasteiger partial charge < -0.3 is 21.5 Å². The van der Waals surface area contributed by atoms with Gasteiger partial charge in [0, 0.05) is 19.5 Å². The molecule has 3 rings (SSSR count). The number of carboxylic acid groups (broad SMARTS) is 1. The number of nitrogens with two attached hydrogens (primary N) is 1. The number of hydrogen-bond donors (Lipinski definition) is 4. The van der Waals surface area contributed by atoms with Gasteiger partial charge in [-0.3, -0.25) is 19.3 Å². The van der Waals surface area contributed by atoms with Crippen LogP contribution in [0.1, 0.15) is 55.2 Å². The van der Waals surface area contributed by atoms with Crippen molar-refractivity contribution in [3.05, 3.63) is 71.3 Å². The van der Waals surface area contributed by atoms with Crippen LogP contribution in [-0.4, -0.2) is 53.5 Å². The van der Waals surface area contributed by atoms with E-state index >= 15 is 0 Å². The molecule has 37 heavy (non-hydrogen) atoms. The standard InChI is InChI=1S/C29H40N4O4/c1-33(20-27(34)35)26(17-22-10-6-3-7-11-22)29(37)32-25(16-21-8-4-2-5-9-21)28(36)31-19-24-14-12-23(18-30)13-15-24/h2,4-5,8-9,12-15,22,25-26H,3,6-7,10-11,16-20,30H2,1H3,(H,31,36)(H,32,37)(H,34,35). The van der Waals surface area contributed by atoms with E-state index in [1.54, 1.807) is 11.9 Å². The van der Waals surface area contributed by atoms with Crippen molar-refractivity contribution in [2.75, 3.05) is 13.6 Å². The number of aliphatic carboxylic acids is 1. The van der Waals surface area contributed by atoms with Crippen molar-refractivity contribution in [2.24, 2.45) is 11.7 Å². The molecule has 2 amide bonds. The van der Waals surface area contributed by atoms with Gasteiger partial charge in [-0.2, -0.15) is 0 Å². The molecule has 1 aliphatic carbocycles. The fourth-order valence-electron chi connectivity index (χ4n) is 4.98. The van der Waals surface area contributed by atoms with E-state index in [2.05, 4.69) is 10.6 Å². The maximum atomic E-state index is 13.6. The van der Waals surface area contributed by atoms with Crippen LogP contribution in [-0.2, 0) is 33.9 Å². The highest BCUT2D eigenvalue weighted by molar-refractivity contribution is 5.90. The first kappa shape index (κ1) is 28.3. The van der Waals surface area contributed by atoms with Crippen molar-refractivity contribution in [1.82, 2.24) is 15.5 Å². The third-order valence-electron chi connectivity index (χ3n) is 7.14. The van der Waals surface area contributed by atoms with E-state index < -0.39 is 18.1 Å². The summed E-state index contributed by atoms with van der Waals surface area (Å²) >= 11 is 0. The Bertz CT molecular complexity index is 1010. The Morgan fingerprint density at radius 1 is 0.946 bits per heavy atom. The minimum atomic E-state index is -0.983. The van der Waals surface area contributed by atoms with Gasteiger partial charge in [-0.25, -0.2) is 0 Å². The highest BCUT2D eigenvalue weighted by Gasteiger charge is 2.31. The molecule has 2 unspecified atom stereocenters. The van der Waals surface area contributed by atoms with Crippen LogP contribution in [0.2, 0.25) is 0 Å². The Morgan fingerprint density at radius 3 is 2.22 bits per heavy atom. The first-order valence-corrected chi connectivity index (χ1v) is 13.2. The Balaban J connectivity index is 1.73. The summed E-state index contributed by atoms with van der Waals surface area (Å²) in [7, 11) is 1.67. The maximum absolute atomic E-state index is 13.6. The first-order valence-electron chi connectivity index (χ1n) is 13.2. The zero-order chi connectivity index (χ0) is 26.6. The van der Waals surface area contributed by atoms with Crippen LogP contribution in [0.25, 0.3) is 0 Å². The minimum absolute atomic E-state index is 0.237. The van der Waals surface area contributed by atoms with Gasteiger partial charge >= 0.3 is 5.97 Å². The van der Waals surface area contributed by atoms with E-state index in [1.807, 2.05) is 54.6 Å². The monoisotopic (exact) mass is 508 g/mol. The molecular formula is C29H40N4O4. The number of carbonyl (C=O) groups excluding carboxylic acids is 2. The number of rotatable bonds is 13. The fourth-order valence-corrected chi connectivity index (χ4v) is 4.98. The zero-order valence-electron chi connectivity index (χ0n) is 21.7. The highest BCUT2D eigenvalue weighted by atomic mass is 16.4. The van der Waals surface area contributed by atoms with Crippen molar-refractivity contribution in [1.29, 1.82) is 0 Å². The van der Waals surface area contributed by atoms with Crippen LogP contribution in [0.4, 0.5) is 0 Å². The second-order valence-corrected chi connectivity index (χ2v) is 10.1. The molecule has 8 nitrogen and oxygen atoms in total. The number of nitrogens with one attached hydrogen (secondary N) is 2. The Kier molecular flexibility index (Phi) is 11.1. The SMILES string of the molecule is CN(CC(=O)O)C(CC1CCCCC1)C(=O)NC(Cc1ccccc1)C(=O)NCc1ccc(CN)cc1. The smallest absolute Gasteiger partial charge is 0.317 e. The lowest BCUT2D eigenvalue weighted by Gasteiger charge is -2.32. The Hall–Kier alpha value is -3.23. The molecule has 0 aromatic heterocycles. The lowest BCUT2D eigenvalue weighted by atomic mass is 9.84. The number of carboxylic acids is 1. The average Bonchev–Trinajstić information content (AvgIpc) is 2.91. The fraction of sp³-hybridized carbons (Fsp3) is 0.483. The molecule has 5 N–H and O–H groups in total. The molecule has 2 aromatic carbocycles. The normalized spacial score (nSPS) is 15.6. The summed E-state index contributed by atoms with van der Waals surface area (Å²) in [6.07, 6.45) is 6.47. The third kappa shape index (κ3) is 9.30. The van der Waals surface area contributed by atoms with Gasteiger partial charge in [-0.15, -0.1) is 0 Å². The molecule has 200 valence electrons. The van der Waals surface area contributed by atoms with E-state index in [1.165, 1.54) is 6.42 Å². The van der Waals surface area contributed by atoms with Gasteiger partial charge in [-0.05, 0) is 36.1 Å². The summed E-state index contributed by atoms with van der Waals surface area (Å²) in [4.78, 5) is 39.8. The largest absolute Gasteiger partial charge is 0.480 e. The molecule has 1 fully saturated rings. The summed E-state index contributed by atoms with van der Waals surface area (Å²) in [6.45, 7) is 0.546. The van der Waals surface area contributed by atoms with Gasteiger partial charge in [0.25, 0.3) is 0 Å². The van der Waals surface area contributed by atoms with E-state index in [-0.39, 0.29) is 18.4 Å². The predicted molar refractivity (Wildman–Crippen MR) is 144 cm³/mol. The van der Waals surface area contributed by atoms with Crippen LogP contribution in [0, 0.1) is 5.92 Å². The average molecular weight is 509 g/mol. The maximum Gasteiger partial charge on any atom is 0.317 e. The predicted octanol–water partition coefficient (Wildman–Crippen LogP) is 2.84. The molecule has 1 aliphatic rings. The molecular weight excluding hydrogens is 468 g/mol. The topological polar surface area (TPSA) is 125 Å². The lowest BCUT2D eigenvalue weighted by molar-refractivity contribution is -0.140. The van der Waals surface area contributed by atoms with E-state index in [0.717, 1.165) is 42.4 Å². The van der Waals surface area contributed by atoms with Crippen molar-refractivity contribution < 1.29 is 19.5 Å². The van der Waals surface area contributed by atoms with Gasteiger partial charge in [0.2, 0.25) is 11.8 Å². The van der Waals surface area contributed by atoms with Crippen molar-refractivity contribution in [2.45, 2.75) is 70.1 Å². The summed E-state index contributed by atoms with van der Waals surface area (Å²) in [5.74, 6) is -1.20. The molecule has 0 heterocycles. The number of amides is 2. The van der Waals surface area contributed by atoms with Crippen molar-refractivity contribution in [3.63, 3.8) is 0 Å². The highest BCUT2D eigenvalue weighted by Crippen LogP contribution is 2.28. The minimum Gasteiger partial charge on any atom is -0.480 e. The van der Waals surface area contributed by atoms with E-state index in [9.17, 15) is 19.5 Å². The van der Waals surface area contributed by atoms with Crippen LogP contribution in [0.15, 0.2) is 54.6 Å². The number of nitrogens with zero attached hydrogens (tertiary/aromatic N) is 1. The second kappa shape index (κ2) is 14.5. The molecule has 0 radical (unpaired) electrons. The molecule has 8 heteroatoms. The van der Waals surface area contributed by atoms with Crippen LogP contribution in [0.3, 0.4) is 0 Å². The van der Waals surface area contributed by atoms with E-state index in [4.69, 9.17) is 5.73 Å². The van der Waals surface area contributed by atoms with Crippen molar-refractivity contribution >= 4 is 17.8 Å². The lowest BCUT2D eigenvalue weighted by Crippen LogP contribution is -2.54.